The SMILES string of the molecule is CCOc1ccccc1N1C(=O)C(=O)N(CN2CCN(c3ccccc3O)CC2)C1=O. The Morgan fingerprint density at radius 3 is 2.19 bits per heavy atom. The second-order valence-corrected chi connectivity index (χ2v) is 7.29. The number of urea groups is 1. The van der Waals surface area contributed by atoms with E-state index in [1.54, 1.807) is 43.3 Å². The molecule has 2 aliphatic heterocycles. The van der Waals surface area contributed by atoms with E-state index in [0.29, 0.717) is 38.5 Å². The van der Waals surface area contributed by atoms with Crippen molar-refractivity contribution >= 4 is 29.2 Å². The molecule has 2 fully saturated rings. The molecule has 0 atom stereocenters. The molecule has 0 unspecified atom stereocenters. The van der Waals surface area contributed by atoms with E-state index in [1.807, 2.05) is 17.0 Å². The maximum Gasteiger partial charge on any atom is 0.340 e. The molecule has 0 bridgehead atoms. The van der Waals surface area contributed by atoms with Crippen LogP contribution in [0.15, 0.2) is 48.5 Å². The van der Waals surface area contributed by atoms with E-state index < -0.39 is 17.8 Å². The van der Waals surface area contributed by atoms with Gasteiger partial charge in [-0.1, -0.05) is 24.3 Å². The summed E-state index contributed by atoms with van der Waals surface area (Å²) in [5.74, 6) is -1.14. The first kappa shape index (κ1) is 20.7. The molecule has 1 N–H and O–H groups in total. The van der Waals surface area contributed by atoms with E-state index in [4.69, 9.17) is 4.74 Å². The molecule has 31 heavy (non-hydrogen) atoms. The standard InChI is InChI=1S/C22H24N4O5/c1-2-31-19-10-6-4-8-17(19)26-21(29)20(28)25(22(26)30)15-23-11-13-24(14-12-23)16-7-3-5-9-18(16)27/h3-10,27H,2,11-15H2,1H3. The van der Waals surface area contributed by atoms with Gasteiger partial charge in [-0.2, -0.15) is 0 Å². The zero-order valence-corrected chi connectivity index (χ0v) is 17.2. The van der Waals surface area contributed by atoms with Gasteiger partial charge in [0.2, 0.25) is 0 Å². The van der Waals surface area contributed by atoms with Gasteiger partial charge in [-0.25, -0.2) is 14.6 Å². The van der Waals surface area contributed by atoms with Crippen LogP contribution in [-0.4, -0.2) is 72.2 Å². The highest BCUT2D eigenvalue weighted by Crippen LogP contribution is 2.32. The summed E-state index contributed by atoms with van der Waals surface area (Å²) >= 11 is 0. The topological polar surface area (TPSA) is 93.6 Å². The summed E-state index contributed by atoms with van der Waals surface area (Å²) in [7, 11) is 0. The third kappa shape index (κ3) is 3.91. The zero-order chi connectivity index (χ0) is 22.0. The molecule has 0 spiro atoms. The molecule has 2 aromatic carbocycles. The Bertz CT molecular complexity index is 1000. The number of para-hydroxylation sites is 4. The number of aromatic hydroxyl groups is 1. The molecule has 2 heterocycles. The van der Waals surface area contributed by atoms with Crippen molar-refractivity contribution in [3.63, 3.8) is 0 Å². The third-order valence-electron chi connectivity index (χ3n) is 5.40. The monoisotopic (exact) mass is 424 g/mol. The summed E-state index contributed by atoms with van der Waals surface area (Å²) in [5.41, 5.74) is 1.02. The highest BCUT2D eigenvalue weighted by molar-refractivity contribution is 6.53. The van der Waals surface area contributed by atoms with Crippen LogP contribution in [0.4, 0.5) is 16.2 Å². The van der Waals surface area contributed by atoms with E-state index in [9.17, 15) is 19.5 Å². The van der Waals surface area contributed by atoms with Crippen molar-refractivity contribution in [1.82, 2.24) is 9.80 Å². The molecule has 4 amide bonds. The van der Waals surface area contributed by atoms with Gasteiger partial charge >= 0.3 is 17.8 Å². The van der Waals surface area contributed by atoms with Crippen molar-refractivity contribution in [2.75, 3.05) is 49.3 Å². The molecule has 2 aromatic rings. The van der Waals surface area contributed by atoms with Crippen LogP contribution in [-0.2, 0) is 9.59 Å². The fourth-order valence-corrected chi connectivity index (χ4v) is 3.82. The normalized spacial score (nSPS) is 17.6. The van der Waals surface area contributed by atoms with Gasteiger partial charge in [0, 0.05) is 26.2 Å². The molecular weight excluding hydrogens is 400 g/mol. The lowest BCUT2D eigenvalue weighted by molar-refractivity contribution is -0.140. The lowest BCUT2D eigenvalue weighted by atomic mass is 10.2. The number of amides is 4. The van der Waals surface area contributed by atoms with Gasteiger partial charge in [-0.05, 0) is 31.2 Å². The summed E-state index contributed by atoms with van der Waals surface area (Å²) in [6, 6.07) is 13.1. The molecule has 0 radical (unpaired) electrons. The second-order valence-electron chi connectivity index (χ2n) is 7.29. The Balaban J connectivity index is 1.44. The molecule has 0 saturated carbocycles. The molecule has 162 valence electrons. The van der Waals surface area contributed by atoms with E-state index in [0.717, 1.165) is 15.5 Å². The van der Waals surface area contributed by atoms with Crippen molar-refractivity contribution in [2.45, 2.75) is 6.92 Å². The molecule has 0 aromatic heterocycles. The van der Waals surface area contributed by atoms with E-state index in [-0.39, 0.29) is 18.1 Å². The summed E-state index contributed by atoms with van der Waals surface area (Å²) in [5, 5.41) is 10.0. The van der Waals surface area contributed by atoms with E-state index in [2.05, 4.69) is 4.90 Å². The first-order valence-electron chi connectivity index (χ1n) is 10.2. The van der Waals surface area contributed by atoms with Crippen molar-refractivity contribution in [2.24, 2.45) is 0 Å². The van der Waals surface area contributed by atoms with Gasteiger partial charge in [-0.15, -0.1) is 0 Å². The average molecular weight is 424 g/mol. The quantitative estimate of drug-likeness (QED) is 0.559. The minimum Gasteiger partial charge on any atom is -0.506 e. The summed E-state index contributed by atoms with van der Waals surface area (Å²) in [4.78, 5) is 44.0. The van der Waals surface area contributed by atoms with Gasteiger partial charge in [0.1, 0.15) is 11.5 Å². The van der Waals surface area contributed by atoms with Crippen molar-refractivity contribution < 1.29 is 24.2 Å². The van der Waals surface area contributed by atoms with Crippen LogP contribution in [0.5, 0.6) is 11.5 Å². The Hall–Kier alpha value is -3.59. The maximum absolute atomic E-state index is 13.0. The lowest BCUT2D eigenvalue weighted by Gasteiger charge is -2.37. The number of ether oxygens (including phenoxy) is 1. The zero-order valence-electron chi connectivity index (χ0n) is 17.2. The number of rotatable bonds is 6. The summed E-state index contributed by atoms with van der Waals surface area (Å²) < 4.78 is 5.52. The highest BCUT2D eigenvalue weighted by atomic mass is 16.5. The Morgan fingerprint density at radius 1 is 0.871 bits per heavy atom. The highest BCUT2D eigenvalue weighted by Gasteiger charge is 2.47. The summed E-state index contributed by atoms with van der Waals surface area (Å²) in [6.45, 7) is 4.61. The van der Waals surface area contributed by atoms with Crippen LogP contribution in [0.3, 0.4) is 0 Å². The van der Waals surface area contributed by atoms with Crippen LogP contribution in [0.25, 0.3) is 0 Å². The second kappa shape index (κ2) is 8.65. The fourth-order valence-electron chi connectivity index (χ4n) is 3.82. The molecule has 2 saturated heterocycles. The lowest BCUT2D eigenvalue weighted by Crippen LogP contribution is -2.51. The fraction of sp³-hybridized carbons (Fsp3) is 0.318. The van der Waals surface area contributed by atoms with Gasteiger partial charge in [0.05, 0.1) is 24.7 Å². The number of nitrogens with zero attached hydrogens (tertiary/aromatic N) is 4. The largest absolute Gasteiger partial charge is 0.506 e. The smallest absolute Gasteiger partial charge is 0.340 e. The Kier molecular flexibility index (Phi) is 5.77. The Morgan fingerprint density at radius 2 is 1.52 bits per heavy atom. The minimum atomic E-state index is -0.884. The predicted molar refractivity (Wildman–Crippen MR) is 114 cm³/mol. The van der Waals surface area contributed by atoms with E-state index >= 15 is 0 Å². The number of benzene rings is 2. The number of imide groups is 2. The van der Waals surface area contributed by atoms with Crippen molar-refractivity contribution in [1.29, 1.82) is 0 Å². The van der Waals surface area contributed by atoms with Crippen molar-refractivity contribution in [3.05, 3.63) is 48.5 Å². The number of hydrogen-bond donors (Lipinski definition) is 1. The first-order valence-corrected chi connectivity index (χ1v) is 10.2. The van der Waals surface area contributed by atoms with Gasteiger partial charge in [-0.3, -0.25) is 14.5 Å². The summed E-state index contributed by atoms with van der Waals surface area (Å²) in [6.07, 6.45) is 0. The molecule has 9 heteroatoms. The predicted octanol–water partition coefficient (Wildman–Crippen LogP) is 1.87. The number of hydrogen-bond acceptors (Lipinski definition) is 7. The van der Waals surface area contributed by atoms with Crippen LogP contribution in [0, 0.1) is 0 Å². The molecule has 0 aliphatic carbocycles. The number of phenolic OH excluding ortho intramolecular Hbond substituents is 1. The molecule has 2 aliphatic rings. The molecular formula is C22H24N4O5. The number of anilines is 2. The van der Waals surface area contributed by atoms with Crippen LogP contribution in [0.2, 0.25) is 0 Å². The van der Waals surface area contributed by atoms with Gasteiger partial charge in [0.25, 0.3) is 0 Å². The average Bonchev–Trinajstić information content (AvgIpc) is 2.99. The number of carbonyl (C=O) groups is 3. The maximum atomic E-state index is 13.0. The third-order valence-corrected chi connectivity index (χ3v) is 5.40. The van der Waals surface area contributed by atoms with Gasteiger partial charge < -0.3 is 14.7 Å². The number of carbonyl (C=O) groups excluding carboxylic acids is 3. The molecule has 4 rings (SSSR count). The first-order chi connectivity index (χ1) is 15.0. The Labute approximate surface area is 180 Å². The van der Waals surface area contributed by atoms with Crippen LogP contribution in [0.1, 0.15) is 6.92 Å². The number of phenols is 1. The van der Waals surface area contributed by atoms with E-state index in [1.165, 1.54) is 0 Å². The van der Waals surface area contributed by atoms with Gasteiger partial charge in [0.15, 0.2) is 0 Å². The molecule has 9 nitrogen and oxygen atoms in total. The van der Waals surface area contributed by atoms with Crippen LogP contribution >= 0.6 is 0 Å². The van der Waals surface area contributed by atoms with Crippen LogP contribution < -0.4 is 14.5 Å². The minimum absolute atomic E-state index is 0.0331. The number of piperazine rings is 1. The van der Waals surface area contributed by atoms with Crippen molar-refractivity contribution in [3.8, 4) is 11.5 Å².